The molecule has 2 aliphatic rings. The van der Waals surface area contributed by atoms with Crippen LogP contribution in [-0.2, 0) is 0 Å². The minimum atomic E-state index is 0.601. The smallest absolute Gasteiger partial charge is 0.227 e. The lowest BCUT2D eigenvalue weighted by Gasteiger charge is -2.34. The Bertz CT molecular complexity index is 663. The fraction of sp³-hybridized carbons (Fsp3) is 0.500. The number of nitrogens with one attached hydrogen (secondary N) is 1. The minimum absolute atomic E-state index is 0.601. The molecule has 7 nitrogen and oxygen atoms in total. The van der Waals surface area contributed by atoms with E-state index < -0.39 is 0 Å². The first-order valence-corrected chi connectivity index (χ1v) is 8.17. The Balaban J connectivity index is 1.44. The van der Waals surface area contributed by atoms with Gasteiger partial charge in [0, 0.05) is 56.4 Å². The largest absolute Gasteiger partial charge is 0.367 e. The zero-order valence-corrected chi connectivity index (χ0v) is 13.3. The van der Waals surface area contributed by atoms with Crippen LogP contribution in [0.3, 0.4) is 0 Å². The molecule has 0 atom stereocenters. The van der Waals surface area contributed by atoms with Crippen LogP contribution in [0.1, 0.15) is 18.5 Å². The Labute approximate surface area is 135 Å². The van der Waals surface area contributed by atoms with Crippen molar-refractivity contribution in [1.29, 1.82) is 0 Å². The Hall–Kier alpha value is -2.44. The van der Waals surface area contributed by atoms with Crippen LogP contribution in [0, 0.1) is 6.92 Å². The molecule has 1 N–H and O–H groups in total. The zero-order chi connectivity index (χ0) is 15.6. The highest BCUT2D eigenvalue weighted by Gasteiger charge is 2.24. The van der Waals surface area contributed by atoms with Crippen molar-refractivity contribution in [3.05, 3.63) is 30.2 Å². The van der Waals surface area contributed by atoms with Gasteiger partial charge in [0.1, 0.15) is 5.82 Å². The van der Waals surface area contributed by atoms with E-state index in [1.165, 1.54) is 12.8 Å². The molecule has 0 amide bonds. The van der Waals surface area contributed by atoms with Crippen molar-refractivity contribution in [3.8, 4) is 0 Å². The van der Waals surface area contributed by atoms with E-state index in [0.717, 1.165) is 49.6 Å². The summed E-state index contributed by atoms with van der Waals surface area (Å²) in [5, 5.41) is 3.46. The van der Waals surface area contributed by atoms with Crippen LogP contribution < -0.4 is 15.1 Å². The second-order valence-electron chi connectivity index (χ2n) is 6.14. The first-order valence-electron chi connectivity index (χ1n) is 8.17. The molecule has 1 saturated heterocycles. The second kappa shape index (κ2) is 5.98. The fourth-order valence-corrected chi connectivity index (χ4v) is 2.77. The second-order valence-corrected chi connectivity index (χ2v) is 6.14. The van der Waals surface area contributed by atoms with Gasteiger partial charge in [0.2, 0.25) is 11.9 Å². The molecule has 1 aliphatic heterocycles. The summed E-state index contributed by atoms with van der Waals surface area (Å²) in [5.41, 5.74) is 1.01. The van der Waals surface area contributed by atoms with Crippen LogP contribution in [0.2, 0.25) is 0 Å². The molecule has 4 rings (SSSR count). The first-order chi connectivity index (χ1) is 11.3. The zero-order valence-electron chi connectivity index (χ0n) is 13.3. The van der Waals surface area contributed by atoms with Gasteiger partial charge in [-0.2, -0.15) is 4.98 Å². The molecule has 1 saturated carbocycles. The third kappa shape index (κ3) is 3.33. The van der Waals surface area contributed by atoms with E-state index in [2.05, 4.69) is 35.1 Å². The molecule has 0 unspecified atom stereocenters. The van der Waals surface area contributed by atoms with Crippen molar-refractivity contribution < 1.29 is 0 Å². The highest BCUT2D eigenvalue weighted by Crippen LogP contribution is 2.25. The predicted molar refractivity (Wildman–Crippen MR) is 89.9 cm³/mol. The summed E-state index contributed by atoms with van der Waals surface area (Å²) in [6, 6.07) is 4.47. The van der Waals surface area contributed by atoms with Gasteiger partial charge in [-0.25, -0.2) is 15.0 Å². The predicted octanol–water partition coefficient (Wildman–Crippen LogP) is 1.48. The van der Waals surface area contributed by atoms with Crippen molar-refractivity contribution in [1.82, 2.24) is 19.9 Å². The van der Waals surface area contributed by atoms with Crippen molar-refractivity contribution in [2.45, 2.75) is 25.8 Å². The van der Waals surface area contributed by atoms with Gasteiger partial charge >= 0.3 is 0 Å². The van der Waals surface area contributed by atoms with Crippen LogP contribution in [0.5, 0.6) is 0 Å². The Morgan fingerprint density at radius 2 is 1.61 bits per heavy atom. The minimum Gasteiger partial charge on any atom is -0.367 e. The summed E-state index contributed by atoms with van der Waals surface area (Å²) in [4.78, 5) is 22.4. The number of anilines is 3. The number of rotatable bonds is 4. The Morgan fingerprint density at radius 1 is 0.957 bits per heavy atom. The van der Waals surface area contributed by atoms with Gasteiger partial charge in [0.05, 0.1) is 0 Å². The van der Waals surface area contributed by atoms with Crippen LogP contribution in [0.25, 0.3) is 0 Å². The van der Waals surface area contributed by atoms with E-state index in [9.17, 15) is 0 Å². The Kier molecular flexibility index (Phi) is 3.69. The molecule has 1 aliphatic carbocycles. The SMILES string of the molecule is Cc1cc(NC2CC2)nc(N2CCN(c3ncccn3)CC2)n1. The quantitative estimate of drug-likeness (QED) is 0.917. The van der Waals surface area contributed by atoms with E-state index in [1.807, 2.05) is 19.1 Å². The van der Waals surface area contributed by atoms with Crippen molar-refractivity contribution >= 4 is 17.7 Å². The normalized spacial score (nSPS) is 18.1. The summed E-state index contributed by atoms with van der Waals surface area (Å²) in [5.74, 6) is 2.57. The summed E-state index contributed by atoms with van der Waals surface area (Å²) in [6.45, 7) is 5.55. The van der Waals surface area contributed by atoms with Crippen molar-refractivity contribution in [2.24, 2.45) is 0 Å². The molecule has 0 bridgehead atoms. The molecule has 0 spiro atoms. The Morgan fingerprint density at radius 3 is 2.26 bits per heavy atom. The average molecular weight is 311 g/mol. The van der Waals surface area contributed by atoms with E-state index in [0.29, 0.717) is 6.04 Å². The molecule has 2 aromatic rings. The van der Waals surface area contributed by atoms with Gasteiger partial charge in [0.15, 0.2) is 0 Å². The number of aromatic nitrogens is 4. The number of piperazine rings is 1. The fourth-order valence-electron chi connectivity index (χ4n) is 2.77. The van der Waals surface area contributed by atoms with E-state index in [4.69, 9.17) is 0 Å². The molecule has 120 valence electrons. The molecular formula is C16H21N7. The molecule has 0 radical (unpaired) electrons. The lowest BCUT2D eigenvalue weighted by Crippen LogP contribution is -2.47. The molecule has 0 aromatic carbocycles. The maximum atomic E-state index is 4.69. The van der Waals surface area contributed by atoms with Gasteiger partial charge in [-0.05, 0) is 25.8 Å². The highest BCUT2D eigenvalue weighted by atomic mass is 15.4. The van der Waals surface area contributed by atoms with Gasteiger partial charge < -0.3 is 15.1 Å². The number of aryl methyl sites for hydroxylation is 1. The first kappa shape index (κ1) is 14.2. The van der Waals surface area contributed by atoms with Gasteiger partial charge in [-0.1, -0.05) is 0 Å². The number of hydrogen-bond acceptors (Lipinski definition) is 7. The standard InChI is InChI=1S/C16H21N7/c1-12-11-14(20-13-3-4-13)21-16(19-12)23-9-7-22(8-10-23)15-17-5-2-6-18-15/h2,5-6,11,13H,3-4,7-10H2,1H3,(H,19,20,21). The summed E-state index contributed by atoms with van der Waals surface area (Å²) < 4.78 is 0. The highest BCUT2D eigenvalue weighted by molar-refractivity contribution is 5.46. The summed E-state index contributed by atoms with van der Waals surface area (Å²) in [6.07, 6.45) is 6.06. The summed E-state index contributed by atoms with van der Waals surface area (Å²) >= 11 is 0. The van der Waals surface area contributed by atoms with Crippen LogP contribution in [-0.4, -0.2) is 52.2 Å². The van der Waals surface area contributed by atoms with E-state index in [1.54, 1.807) is 12.4 Å². The lowest BCUT2D eigenvalue weighted by molar-refractivity contribution is 0.627. The third-order valence-electron chi connectivity index (χ3n) is 4.17. The maximum Gasteiger partial charge on any atom is 0.227 e. The summed E-state index contributed by atoms with van der Waals surface area (Å²) in [7, 11) is 0. The number of hydrogen-bond donors (Lipinski definition) is 1. The van der Waals surface area contributed by atoms with Crippen LogP contribution in [0.15, 0.2) is 24.5 Å². The van der Waals surface area contributed by atoms with E-state index >= 15 is 0 Å². The van der Waals surface area contributed by atoms with E-state index in [-0.39, 0.29) is 0 Å². The van der Waals surface area contributed by atoms with Gasteiger partial charge in [0.25, 0.3) is 0 Å². The van der Waals surface area contributed by atoms with Crippen LogP contribution >= 0.6 is 0 Å². The molecule has 23 heavy (non-hydrogen) atoms. The molecule has 7 heteroatoms. The lowest BCUT2D eigenvalue weighted by atomic mass is 10.3. The van der Waals surface area contributed by atoms with Gasteiger partial charge in [-0.15, -0.1) is 0 Å². The number of nitrogens with zero attached hydrogens (tertiary/aromatic N) is 6. The van der Waals surface area contributed by atoms with Crippen molar-refractivity contribution in [2.75, 3.05) is 41.3 Å². The van der Waals surface area contributed by atoms with Crippen LogP contribution in [0.4, 0.5) is 17.7 Å². The topological polar surface area (TPSA) is 70.1 Å². The molecule has 2 fully saturated rings. The third-order valence-corrected chi connectivity index (χ3v) is 4.17. The molecular weight excluding hydrogens is 290 g/mol. The average Bonchev–Trinajstić information content (AvgIpc) is 3.39. The monoisotopic (exact) mass is 311 g/mol. The molecule has 3 heterocycles. The maximum absolute atomic E-state index is 4.69. The molecule has 2 aromatic heterocycles. The van der Waals surface area contributed by atoms with Crippen molar-refractivity contribution in [3.63, 3.8) is 0 Å². The van der Waals surface area contributed by atoms with Gasteiger partial charge in [-0.3, -0.25) is 0 Å².